The normalized spacial score (nSPS) is 17.2. The average Bonchev–Trinajstić information content (AvgIpc) is 2.83. The highest BCUT2D eigenvalue weighted by Gasteiger charge is 2.42. The van der Waals surface area contributed by atoms with Crippen LogP contribution in [0.4, 0.5) is 15.8 Å². The molecule has 1 aliphatic heterocycles. The molecule has 0 saturated carbocycles. The lowest BCUT2D eigenvalue weighted by atomic mass is 9.79. The molecule has 31 heavy (non-hydrogen) atoms. The highest BCUT2D eigenvalue weighted by Crippen LogP contribution is 2.47. The fourth-order valence-electron chi connectivity index (χ4n) is 4.49. The highest BCUT2D eigenvalue weighted by atomic mass is 32.2. The Morgan fingerprint density at radius 2 is 1.71 bits per heavy atom. The smallest absolute Gasteiger partial charge is 0.181 e. The van der Waals surface area contributed by atoms with E-state index in [4.69, 9.17) is 0 Å². The predicted octanol–water partition coefficient (Wildman–Crippen LogP) is 6.55. The van der Waals surface area contributed by atoms with E-state index in [1.54, 1.807) is 18.2 Å². The number of hydrogen-bond donors (Lipinski definition) is 1. The molecule has 0 unspecified atom stereocenters. The quantitative estimate of drug-likeness (QED) is 0.448. The van der Waals surface area contributed by atoms with Gasteiger partial charge in [0.15, 0.2) is 9.84 Å². The molecule has 0 aromatic heterocycles. The standard InChI is InChI=1S/C24H32FNO3S2/c1-4-6-12-24(13-7-5-2)16-26(19-10-8-18(25)9-11-19)20-14-22(30-3)21(27)15-23(20)31(28,29)17-24/h8-11,14-15,27H,4-7,12-13,16-17H2,1-3H3. The van der Waals surface area contributed by atoms with Gasteiger partial charge in [0.05, 0.1) is 21.2 Å². The summed E-state index contributed by atoms with van der Waals surface area (Å²) in [4.78, 5) is 2.79. The summed E-state index contributed by atoms with van der Waals surface area (Å²) in [6.07, 6.45) is 7.37. The molecule has 1 aliphatic rings. The molecule has 0 radical (unpaired) electrons. The first-order valence-corrected chi connectivity index (χ1v) is 13.8. The van der Waals surface area contributed by atoms with E-state index < -0.39 is 15.3 Å². The maximum atomic E-state index is 13.7. The molecule has 0 spiro atoms. The molecule has 0 saturated heterocycles. The number of nitrogens with zero attached hydrogens (tertiary/aromatic N) is 1. The molecular weight excluding hydrogens is 433 g/mol. The van der Waals surface area contributed by atoms with Gasteiger partial charge in [-0.1, -0.05) is 39.5 Å². The molecule has 2 aromatic carbocycles. The molecule has 0 fully saturated rings. The number of aromatic hydroxyl groups is 1. The van der Waals surface area contributed by atoms with Crippen molar-refractivity contribution < 1.29 is 17.9 Å². The summed E-state index contributed by atoms with van der Waals surface area (Å²) in [5, 5.41) is 10.4. The largest absolute Gasteiger partial charge is 0.507 e. The Morgan fingerprint density at radius 3 is 2.26 bits per heavy atom. The van der Waals surface area contributed by atoms with E-state index in [9.17, 15) is 17.9 Å². The molecule has 0 bridgehead atoms. The number of thioether (sulfide) groups is 1. The zero-order chi connectivity index (χ0) is 22.6. The summed E-state index contributed by atoms with van der Waals surface area (Å²) in [6, 6.07) is 9.36. The molecule has 2 aromatic rings. The summed E-state index contributed by atoms with van der Waals surface area (Å²) < 4.78 is 40.9. The van der Waals surface area contributed by atoms with Crippen LogP contribution in [-0.4, -0.2) is 32.1 Å². The van der Waals surface area contributed by atoms with Crippen LogP contribution in [0, 0.1) is 11.2 Å². The third-order valence-electron chi connectivity index (χ3n) is 6.14. The second-order valence-electron chi connectivity index (χ2n) is 8.52. The van der Waals surface area contributed by atoms with Crippen molar-refractivity contribution in [3.05, 3.63) is 42.2 Å². The van der Waals surface area contributed by atoms with E-state index in [1.165, 1.54) is 30.0 Å². The minimum absolute atomic E-state index is 0.0245. The van der Waals surface area contributed by atoms with E-state index in [1.807, 2.05) is 11.2 Å². The Balaban J connectivity index is 2.24. The SMILES string of the molecule is CCCCC1(CCCC)CN(c2ccc(F)cc2)c2cc(SC)c(O)cc2S(=O)(=O)C1. The molecule has 1 heterocycles. The second kappa shape index (κ2) is 9.82. The number of unbranched alkanes of at least 4 members (excludes halogenated alkanes) is 2. The molecule has 0 atom stereocenters. The van der Waals surface area contributed by atoms with Crippen molar-refractivity contribution in [2.75, 3.05) is 23.5 Å². The predicted molar refractivity (Wildman–Crippen MR) is 127 cm³/mol. The van der Waals surface area contributed by atoms with Crippen molar-refractivity contribution in [1.82, 2.24) is 0 Å². The van der Waals surface area contributed by atoms with Gasteiger partial charge in [-0.25, -0.2) is 12.8 Å². The summed E-state index contributed by atoms with van der Waals surface area (Å²) in [6.45, 7) is 4.78. The minimum Gasteiger partial charge on any atom is -0.507 e. The van der Waals surface area contributed by atoms with Crippen LogP contribution in [0.1, 0.15) is 52.4 Å². The topological polar surface area (TPSA) is 57.6 Å². The second-order valence-corrected chi connectivity index (χ2v) is 11.3. The van der Waals surface area contributed by atoms with Gasteiger partial charge in [-0.2, -0.15) is 0 Å². The van der Waals surface area contributed by atoms with Crippen LogP contribution in [0.5, 0.6) is 5.75 Å². The van der Waals surface area contributed by atoms with Gasteiger partial charge in [-0.05, 0) is 49.4 Å². The number of anilines is 2. The Labute approximate surface area is 189 Å². The first-order chi connectivity index (χ1) is 14.7. The van der Waals surface area contributed by atoms with Crippen LogP contribution in [0.2, 0.25) is 0 Å². The zero-order valence-electron chi connectivity index (χ0n) is 18.5. The number of fused-ring (bicyclic) bond motifs is 1. The number of rotatable bonds is 8. The van der Waals surface area contributed by atoms with E-state index in [2.05, 4.69) is 13.8 Å². The highest BCUT2D eigenvalue weighted by molar-refractivity contribution is 7.98. The van der Waals surface area contributed by atoms with Gasteiger partial charge in [0, 0.05) is 23.7 Å². The van der Waals surface area contributed by atoms with E-state index >= 15 is 0 Å². The van der Waals surface area contributed by atoms with E-state index in [0.29, 0.717) is 17.1 Å². The van der Waals surface area contributed by atoms with E-state index in [0.717, 1.165) is 44.2 Å². The van der Waals surface area contributed by atoms with Crippen LogP contribution in [0.15, 0.2) is 46.2 Å². The molecule has 7 heteroatoms. The van der Waals surface area contributed by atoms with Gasteiger partial charge in [0.1, 0.15) is 11.6 Å². The molecule has 4 nitrogen and oxygen atoms in total. The number of sulfone groups is 1. The Bertz CT molecular complexity index is 998. The van der Waals surface area contributed by atoms with Gasteiger partial charge < -0.3 is 10.0 Å². The first-order valence-electron chi connectivity index (χ1n) is 10.9. The maximum absolute atomic E-state index is 13.7. The summed E-state index contributed by atoms with van der Waals surface area (Å²) in [5.41, 5.74) is 0.909. The fourth-order valence-corrected chi connectivity index (χ4v) is 7.11. The number of benzene rings is 2. The number of halogens is 1. The van der Waals surface area contributed by atoms with Crippen molar-refractivity contribution in [3.8, 4) is 5.75 Å². The summed E-state index contributed by atoms with van der Waals surface area (Å²) in [5.74, 6) is -0.295. The Morgan fingerprint density at radius 1 is 1.10 bits per heavy atom. The van der Waals surface area contributed by atoms with Crippen molar-refractivity contribution >= 4 is 33.0 Å². The van der Waals surface area contributed by atoms with Gasteiger partial charge in [0.25, 0.3) is 0 Å². The lowest BCUT2D eigenvalue weighted by Crippen LogP contribution is -2.38. The van der Waals surface area contributed by atoms with E-state index in [-0.39, 0.29) is 22.2 Å². The third kappa shape index (κ3) is 5.20. The lowest BCUT2D eigenvalue weighted by Gasteiger charge is -2.37. The van der Waals surface area contributed by atoms with Gasteiger partial charge in [-0.15, -0.1) is 11.8 Å². The molecule has 0 amide bonds. The van der Waals surface area contributed by atoms with Crippen LogP contribution in [-0.2, 0) is 9.84 Å². The average molecular weight is 466 g/mol. The Hall–Kier alpha value is -1.73. The zero-order valence-corrected chi connectivity index (χ0v) is 20.2. The molecule has 170 valence electrons. The minimum atomic E-state index is -3.63. The number of phenols is 1. The number of hydrogen-bond acceptors (Lipinski definition) is 5. The first kappa shape index (κ1) is 23.9. The summed E-state index contributed by atoms with van der Waals surface area (Å²) >= 11 is 1.37. The third-order valence-corrected chi connectivity index (χ3v) is 8.89. The fraction of sp³-hybridized carbons (Fsp3) is 0.500. The van der Waals surface area contributed by atoms with Crippen molar-refractivity contribution in [2.24, 2.45) is 5.41 Å². The Kier molecular flexibility index (Phi) is 7.58. The monoisotopic (exact) mass is 465 g/mol. The molecule has 3 rings (SSSR count). The number of phenolic OH excluding ortho intramolecular Hbond substituents is 1. The van der Waals surface area contributed by atoms with Crippen molar-refractivity contribution in [3.63, 3.8) is 0 Å². The van der Waals surface area contributed by atoms with Crippen LogP contribution >= 0.6 is 11.8 Å². The molecule has 0 aliphatic carbocycles. The van der Waals surface area contributed by atoms with Crippen LogP contribution < -0.4 is 4.90 Å². The van der Waals surface area contributed by atoms with Gasteiger partial charge in [0.2, 0.25) is 0 Å². The lowest BCUT2D eigenvalue weighted by molar-refractivity contribution is 0.270. The van der Waals surface area contributed by atoms with Crippen LogP contribution in [0.25, 0.3) is 0 Å². The molecule has 1 N–H and O–H groups in total. The van der Waals surface area contributed by atoms with Crippen molar-refractivity contribution in [1.29, 1.82) is 0 Å². The van der Waals surface area contributed by atoms with Crippen molar-refractivity contribution in [2.45, 2.75) is 62.2 Å². The molecular formula is C24H32FNO3S2. The van der Waals surface area contributed by atoms with Crippen LogP contribution in [0.3, 0.4) is 0 Å². The summed E-state index contributed by atoms with van der Waals surface area (Å²) in [7, 11) is -3.63. The maximum Gasteiger partial charge on any atom is 0.181 e. The van der Waals surface area contributed by atoms with Gasteiger partial charge >= 0.3 is 0 Å². The van der Waals surface area contributed by atoms with Gasteiger partial charge in [-0.3, -0.25) is 0 Å².